The lowest BCUT2D eigenvalue weighted by Gasteiger charge is -2.31. The largest absolute Gasteiger partial charge is 0.509 e. The molecule has 1 aromatic rings. The molecule has 2 unspecified atom stereocenters. The van der Waals surface area contributed by atoms with Crippen LogP contribution in [0.5, 0.6) is 5.75 Å². The molecule has 1 aliphatic carbocycles. The van der Waals surface area contributed by atoms with E-state index in [1.54, 1.807) is 0 Å². The first kappa shape index (κ1) is 14.3. The van der Waals surface area contributed by atoms with E-state index in [2.05, 4.69) is 6.92 Å². The number of ether oxygens (including phenoxy) is 1. The van der Waals surface area contributed by atoms with Crippen molar-refractivity contribution in [3.05, 3.63) is 24.3 Å². The Balaban J connectivity index is 2.02. The van der Waals surface area contributed by atoms with Gasteiger partial charge in [0.1, 0.15) is 11.9 Å². The van der Waals surface area contributed by atoms with E-state index in [4.69, 9.17) is 4.74 Å². The predicted octanol–water partition coefficient (Wildman–Crippen LogP) is 4.09. The third-order valence-electron chi connectivity index (χ3n) is 3.91. The van der Waals surface area contributed by atoms with Gasteiger partial charge in [0.15, 0.2) is 0 Å². The number of rotatable bonds is 4. The van der Waals surface area contributed by atoms with Gasteiger partial charge in [-0.1, -0.05) is 25.5 Å². The second kappa shape index (κ2) is 5.89. The van der Waals surface area contributed by atoms with Crippen molar-refractivity contribution >= 4 is 12.4 Å². The predicted molar refractivity (Wildman–Crippen MR) is 71.8 cm³/mol. The fourth-order valence-corrected chi connectivity index (χ4v) is 2.74. The Morgan fingerprint density at radius 1 is 1.11 bits per heavy atom. The summed E-state index contributed by atoms with van der Waals surface area (Å²) in [6.07, 6.45) is 5.75. The Hall–Kier alpha value is -1.13. The number of hydrogen-bond donors (Lipinski definition) is 0. The van der Waals surface area contributed by atoms with E-state index >= 15 is 0 Å². The van der Waals surface area contributed by atoms with Gasteiger partial charge in [0.05, 0.1) is 0 Å². The van der Waals surface area contributed by atoms with E-state index in [1.807, 2.05) is 0 Å². The third kappa shape index (κ3) is 3.67. The van der Waals surface area contributed by atoms with Crippen LogP contribution in [0.15, 0.2) is 24.3 Å². The van der Waals surface area contributed by atoms with Gasteiger partial charge < -0.3 is 17.7 Å². The molecule has 1 nitrogen and oxygen atoms in total. The average molecular weight is 271 g/mol. The summed E-state index contributed by atoms with van der Waals surface area (Å²) in [5.74, 6) is 1.08. The van der Waals surface area contributed by atoms with Crippen LogP contribution < -0.4 is 10.2 Å². The van der Waals surface area contributed by atoms with E-state index in [-0.39, 0.29) is 6.10 Å². The second-order valence-electron chi connectivity index (χ2n) is 5.25. The highest BCUT2D eigenvalue weighted by Crippen LogP contribution is 2.30. The van der Waals surface area contributed by atoms with E-state index in [1.165, 1.54) is 18.6 Å². The van der Waals surface area contributed by atoms with Gasteiger partial charge in [0, 0.05) is 0 Å². The van der Waals surface area contributed by atoms with Crippen LogP contribution in [0.1, 0.15) is 39.0 Å². The molecule has 1 fully saturated rings. The molecule has 19 heavy (non-hydrogen) atoms. The lowest BCUT2D eigenvalue weighted by Crippen LogP contribution is -2.34. The van der Waals surface area contributed by atoms with E-state index in [9.17, 15) is 12.9 Å². The minimum atomic E-state index is -4.91. The normalized spacial score (nSPS) is 24.2. The van der Waals surface area contributed by atoms with Crippen LogP contribution in [0.25, 0.3) is 0 Å². The quantitative estimate of drug-likeness (QED) is 0.749. The van der Waals surface area contributed by atoms with Crippen LogP contribution >= 0.6 is 0 Å². The van der Waals surface area contributed by atoms with E-state index < -0.39 is 12.4 Å². The van der Waals surface area contributed by atoms with Crippen LogP contribution in [0.4, 0.5) is 12.9 Å². The molecule has 0 aromatic heterocycles. The molecule has 106 valence electrons. The summed E-state index contributed by atoms with van der Waals surface area (Å²) in [5, 5.41) is 0. The molecule has 1 aromatic carbocycles. The maximum Gasteiger partial charge on any atom is 0.509 e. The molecule has 0 bridgehead atoms. The van der Waals surface area contributed by atoms with Crippen molar-refractivity contribution in [2.45, 2.75) is 45.1 Å². The monoisotopic (exact) mass is 271 g/mol. The van der Waals surface area contributed by atoms with Crippen LogP contribution in [0.3, 0.4) is 0 Å². The van der Waals surface area contributed by atoms with E-state index in [0.717, 1.165) is 37.8 Å². The summed E-state index contributed by atoms with van der Waals surface area (Å²) < 4.78 is 43.4. The molecule has 1 saturated carbocycles. The van der Waals surface area contributed by atoms with Crippen molar-refractivity contribution < 1.29 is 17.7 Å². The fourth-order valence-electron chi connectivity index (χ4n) is 2.74. The molecule has 1 aliphatic rings. The van der Waals surface area contributed by atoms with Crippen LogP contribution in [0.2, 0.25) is 0 Å². The van der Waals surface area contributed by atoms with Crippen LogP contribution in [0, 0.1) is 5.92 Å². The summed E-state index contributed by atoms with van der Waals surface area (Å²) >= 11 is 0. The third-order valence-corrected chi connectivity index (χ3v) is 3.91. The standard InChI is InChI=1S/C14H19BF3O/c1-2-11-5-3-4-6-14(11)19-13-9-7-12(8-10-13)15(16,17)18/h7-11,14H,2-6H2,1H3/q-1. The minimum absolute atomic E-state index is 0.154. The Labute approximate surface area is 112 Å². The molecule has 0 saturated heterocycles. The lowest BCUT2D eigenvalue weighted by molar-refractivity contribution is 0.0904. The smallest absolute Gasteiger partial charge is 0.490 e. The topological polar surface area (TPSA) is 9.23 Å². The number of benzene rings is 1. The van der Waals surface area contributed by atoms with Crippen molar-refractivity contribution in [2.24, 2.45) is 5.92 Å². The van der Waals surface area contributed by atoms with Gasteiger partial charge in [-0.3, -0.25) is 0 Å². The van der Waals surface area contributed by atoms with Crippen LogP contribution in [-0.2, 0) is 0 Å². The highest BCUT2D eigenvalue weighted by Gasteiger charge is 2.27. The average Bonchev–Trinajstić information content (AvgIpc) is 2.39. The highest BCUT2D eigenvalue weighted by atomic mass is 19.4. The summed E-state index contributed by atoms with van der Waals surface area (Å²) in [7, 11) is 0. The Bertz CT molecular complexity index is 402. The summed E-state index contributed by atoms with van der Waals surface area (Å²) in [6.45, 7) is -2.77. The van der Waals surface area contributed by atoms with Crippen molar-refractivity contribution in [2.75, 3.05) is 0 Å². The summed E-state index contributed by atoms with van der Waals surface area (Å²) in [6, 6.07) is 5.09. The van der Waals surface area contributed by atoms with Gasteiger partial charge in [-0.05, 0) is 43.7 Å². The zero-order chi connectivity index (χ0) is 13.9. The molecule has 5 heteroatoms. The lowest BCUT2D eigenvalue weighted by atomic mass is 9.80. The fraction of sp³-hybridized carbons (Fsp3) is 0.571. The molecule has 0 aliphatic heterocycles. The molecule has 0 spiro atoms. The van der Waals surface area contributed by atoms with E-state index in [0.29, 0.717) is 11.7 Å². The van der Waals surface area contributed by atoms with Gasteiger partial charge in [0.25, 0.3) is 0 Å². The first-order valence-corrected chi connectivity index (χ1v) is 6.97. The maximum atomic E-state index is 12.5. The molecular weight excluding hydrogens is 252 g/mol. The zero-order valence-corrected chi connectivity index (χ0v) is 11.1. The molecule has 0 amide bonds. The molecule has 2 rings (SSSR count). The van der Waals surface area contributed by atoms with Crippen molar-refractivity contribution in [1.82, 2.24) is 0 Å². The zero-order valence-electron chi connectivity index (χ0n) is 11.1. The maximum absolute atomic E-state index is 12.5. The second-order valence-corrected chi connectivity index (χ2v) is 5.25. The van der Waals surface area contributed by atoms with Gasteiger partial charge in [-0.2, -0.15) is 0 Å². The Morgan fingerprint density at radius 2 is 1.74 bits per heavy atom. The first-order chi connectivity index (χ1) is 9.00. The summed E-state index contributed by atoms with van der Waals surface area (Å²) in [5.41, 5.74) is -0.567. The van der Waals surface area contributed by atoms with Gasteiger partial charge in [-0.15, -0.1) is 5.46 Å². The first-order valence-electron chi connectivity index (χ1n) is 6.97. The number of hydrogen-bond acceptors (Lipinski definition) is 1. The molecule has 0 radical (unpaired) electrons. The molecule has 0 N–H and O–H groups in total. The van der Waals surface area contributed by atoms with Crippen LogP contribution in [-0.4, -0.2) is 13.1 Å². The van der Waals surface area contributed by atoms with Gasteiger partial charge >= 0.3 is 6.98 Å². The van der Waals surface area contributed by atoms with Crippen molar-refractivity contribution in [1.29, 1.82) is 0 Å². The van der Waals surface area contributed by atoms with Crippen molar-refractivity contribution in [3.8, 4) is 5.75 Å². The van der Waals surface area contributed by atoms with Gasteiger partial charge in [-0.25, -0.2) is 0 Å². The summed E-state index contributed by atoms with van der Waals surface area (Å²) in [4.78, 5) is 0. The molecular formula is C14H19BF3O-. The SMILES string of the molecule is CCC1CCCCC1Oc1ccc([B-](F)(F)F)cc1. The molecule has 0 heterocycles. The molecule has 2 atom stereocenters. The minimum Gasteiger partial charge on any atom is -0.490 e. The Kier molecular flexibility index (Phi) is 4.43. The Morgan fingerprint density at radius 3 is 2.32 bits per heavy atom. The van der Waals surface area contributed by atoms with Gasteiger partial charge in [0.2, 0.25) is 0 Å². The van der Waals surface area contributed by atoms with Crippen molar-refractivity contribution in [3.63, 3.8) is 0 Å². The highest BCUT2D eigenvalue weighted by molar-refractivity contribution is 6.73. The number of halogens is 3.